The molecule has 2 aromatic carbocycles. The Labute approximate surface area is 198 Å². The van der Waals surface area contributed by atoms with Crippen LogP contribution < -0.4 is 9.47 Å². The number of benzene rings is 2. The van der Waals surface area contributed by atoms with E-state index in [0.29, 0.717) is 31.7 Å². The van der Waals surface area contributed by atoms with Crippen LogP contribution in [0.25, 0.3) is 6.08 Å². The van der Waals surface area contributed by atoms with Gasteiger partial charge in [0.05, 0.1) is 25.7 Å². The summed E-state index contributed by atoms with van der Waals surface area (Å²) in [4.78, 5) is 26.4. The van der Waals surface area contributed by atoms with Crippen LogP contribution in [0.4, 0.5) is 0 Å². The van der Waals surface area contributed by atoms with E-state index in [1.807, 2.05) is 31.2 Å². The van der Waals surface area contributed by atoms with Crippen molar-refractivity contribution in [3.63, 3.8) is 0 Å². The molecule has 1 amide bonds. The van der Waals surface area contributed by atoms with Crippen LogP contribution in [0, 0.1) is 6.92 Å². The molecule has 1 aliphatic heterocycles. The molecular formula is C22H20BrNO5S2. The molecule has 0 aromatic heterocycles. The van der Waals surface area contributed by atoms with Crippen molar-refractivity contribution in [2.45, 2.75) is 13.5 Å². The second kappa shape index (κ2) is 10.3. The maximum Gasteiger partial charge on any atom is 0.343 e. The molecule has 3 rings (SSSR count). The van der Waals surface area contributed by atoms with Gasteiger partial charge in [-0.1, -0.05) is 69.7 Å². The van der Waals surface area contributed by atoms with E-state index in [0.717, 1.165) is 16.7 Å². The molecule has 6 nitrogen and oxygen atoms in total. The van der Waals surface area contributed by atoms with Gasteiger partial charge < -0.3 is 14.2 Å². The number of thiocarbonyl (C=S) groups is 1. The maximum absolute atomic E-state index is 13.0. The number of rotatable bonds is 7. The summed E-state index contributed by atoms with van der Waals surface area (Å²) in [6, 6.07) is 11.4. The molecule has 0 aliphatic carbocycles. The highest BCUT2D eigenvalue weighted by Crippen LogP contribution is 2.38. The van der Waals surface area contributed by atoms with E-state index < -0.39 is 5.97 Å². The molecule has 0 N–H and O–H groups in total. The van der Waals surface area contributed by atoms with Crippen LogP contribution in [0.1, 0.15) is 16.7 Å². The number of aryl methyl sites for hydroxylation is 1. The van der Waals surface area contributed by atoms with Crippen LogP contribution in [0.5, 0.6) is 11.5 Å². The summed E-state index contributed by atoms with van der Waals surface area (Å²) in [6.45, 7) is 2.20. The predicted octanol–water partition coefficient (Wildman–Crippen LogP) is 4.72. The number of methoxy groups -OCH3 is 2. The molecular weight excluding hydrogens is 502 g/mol. The van der Waals surface area contributed by atoms with Gasteiger partial charge in [-0.05, 0) is 36.3 Å². The molecule has 0 bridgehead atoms. The first-order chi connectivity index (χ1) is 14.8. The first-order valence-corrected chi connectivity index (χ1v) is 11.2. The second-order valence-electron chi connectivity index (χ2n) is 6.64. The van der Waals surface area contributed by atoms with Gasteiger partial charge >= 0.3 is 5.97 Å². The van der Waals surface area contributed by atoms with Crippen molar-refractivity contribution < 1.29 is 23.8 Å². The van der Waals surface area contributed by atoms with Gasteiger partial charge in [-0.2, -0.15) is 0 Å². The van der Waals surface area contributed by atoms with Crippen molar-refractivity contribution in [1.29, 1.82) is 0 Å². The number of ether oxygens (including phenoxy) is 3. The van der Waals surface area contributed by atoms with Gasteiger partial charge in [-0.3, -0.25) is 9.69 Å². The van der Waals surface area contributed by atoms with Gasteiger partial charge in [0.2, 0.25) is 0 Å². The fourth-order valence-electron chi connectivity index (χ4n) is 2.78. The summed E-state index contributed by atoms with van der Waals surface area (Å²) < 4.78 is 16.6. The van der Waals surface area contributed by atoms with Gasteiger partial charge in [0.25, 0.3) is 5.91 Å². The lowest BCUT2D eigenvalue weighted by Gasteiger charge is -2.14. The molecule has 162 valence electrons. The summed E-state index contributed by atoms with van der Waals surface area (Å²) in [7, 11) is 2.79. The lowest BCUT2D eigenvalue weighted by Crippen LogP contribution is -2.27. The van der Waals surface area contributed by atoms with Crippen molar-refractivity contribution in [3.05, 3.63) is 62.5 Å². The summed E-state index contributed by atoms with van der Waals surface area (Å²) in [5.41, 5.74) is 2.89. The number of amides is 1. The Morgan fingerprint density at radius 2 is 1.90 bits per heavy atom. The molecule has 1 fully saturated rings. The lowest BCUT2D eigenvalue weighted by atomic mass is 10.1. The number of carbonyl (C=O) groups is 2. The number of carbonyl (C=O) groups excluding carboxylic acids is 2. The average molecular weight is 522 g/mol. The zero-order valence-corrected chi connectivity index (χ0v) is 20.4. The van der Waals surface area contributed by atoms with Crippen molar-refractivity contribution in [2.75, 3.05) is 20.8 Å². The third kappa shape index (κ3) is 5.66. The highest BCUT2D eigenvalue weighted by molar-refractivity contribution is 9.10. The van der Waals surface area contributed by atoms with Gasteiger partial charge in [-0.15, -0.1) is 0 Å². The Balaban J connectivity index is 1.82. The predicted molar refractivity (Wildman–Crippen MR) is 128 cm³/mol. The minimum absolute atomic E-state index is 0.146. The van der Waals surface area contributed by atoms with Gasteiger partial charge in [0, 0.05) is 4.47 Å². The molecule has 1 saturated heterocycles. The standard InChI is InChI=1S/C22H20BrNO5S2/c1-13-4-6-14(7-5-13)11-24-21(26)19(31-22(24)30)9-15-8-17(27-2)18(10-16(15)23)29-12-20(25)28-3/h4-10H,11-12H2,1-3H3/b19-9-. The lowest BCUT2D eigenvalue weighted by molar-refractivity contribution is -0.142. The fourth-order valence-corrected chi connectivity index (χ4v) is 4.47. The Hall–Kier alpha value is -2.36. The van der Waals surface area contributed by atoms with E-state index in [1.54, 1.807) is 23.1 Å². The van der Waals surface area contributed by atoms with E-state index in [4.69, 9.17) is 21.7 Å². The van der Waals surface area contributed by atoms with Crippen LogP contribution in [0.2, 0.25) is 0 Å². The topological polar surface area (TPSA) is 65.1 Å². The number of nitrogens with zero attached hydrogens (tertiary/aromatic N) is 1. The van der Waals surface area contributed by atoms with Gasteiger partial charge in [-0.25, -0.2) is 4.79 Å². The number of hydrogen-bond donors (Lipinski definition) is 0. The Morgan fingerprint density at radius 1 is 1.19 bits per heavy atom. The molecule has 9 heteroatoms. The first-order valence-electron chi connectivity index (χ1n) is 9.20. The number of thioether (sulfide) groups is 1. The summed E-state index contributed by atoms with van der Waals surface area (Å²) in [5, 5.41) is 0. The molecule has 0 saturated carbocycles. The molecule has 1 heterocycles. The molecule has 0 atom stereocenters. The minimum Gasteiger partial charge on any atom is -0.493 e. The van der Waals surface area contributed by atoms with Crippen LogP contribution in [-0.4, -0.2) is 41.9 Å². The highest BCUT2D eigenvalue weighted by Gasteiger charge is 2.32. The van der Waals surface area contributed by atoms with Crippen LogP contribution in [0.15, 0.2) is 45.8 Å². The van der Waals surface area contributed by atoms with Crippen LogP contribution in [-0.2, 0) is 20.9 Å². The summed E-state index contributed by atoms with van der Waals surface area (Å²) >= 11 is 10.2. The molecule has 0 unspecified atom stereocenters. The highest BCUT2D eigenvalue weighted by atomic mass is 79.9. The largest absolute Gasteiger partial charge is 0.493 e. The first kappa shape index (κ1) is 23.3. The van der Waals surface area contributed by atoms with Crippen molar-refractivity contribution in [2.24, 2.45) is 0 Å². The zero-order valence-electron chi connectivity index (χ0n) is 17.1. The molecule has 0 radical (unpaired) electrons. The molecule has 2 aromatic rings. The monoisotopic (exact) mass is 521 g/mol. The molecule has 0 spiro atoms. The van der Waals surface area contributed by atoms with Crippen molar-refractivity contribution in [1.82, 2.24) is 4.90 Å². The van der Waals surface area contributed by atoms with Crippen molar-refractivity contribution in [3.8, 4) is 11.5 Å². The quantitative estimate of drug-likeness (QED) is 0.296. The van der Waals surface area contributed by atoms with E-state index in [1.165, 1.54) is 26.0 Å². The third-order valence-electron chi connectivity index (χ3n) is 4.48. The smallest absolute Gasteiger partial charge is 0.343 e. The molecule has 31 heavy (non-hydrogen) atoms. The SMILES string of the molecule is COC(=O)COc1cc(Br)c(/C=C2\SC(=S)N(Cc3ccc(C)cc3)C2=O)cc1OC. The third-order valence-corrected chi connectivity index (χ3v) is 6.54. The Bertz CT molecular complexity index is 1050. The molecule has 1 aliphatic rings. The van der Waals surface area contributed by atoms with E-state index in [2.05, 4.69) is 20.7 Å². The zero-order chi connectivity index (χ0) is 22.5. The van der Waals surface area contributed by atoms with Crippen LogP contribution >= 0.6 is 39.9 Å². The van der Waals surface area contributed by atoms with Gasteiger partial charge in [0.1, 0.15) is 4.32 Å². The van der Waals surface area contributed by atoms with E-state index in [9.17, 15) is 9.59 Å². The number of hydrogen-bond acceptors (Lipinski definition) is 7. The van der Waals surface area contributed by atoms with E-state index in [-0.39, 0.29) is 12.5 Å². The van der Waals surface area contributed by atoms with Crippen molar-refractivity contribution >= 4 is 62.2 Å². The summed E-state index contributed by atoms with van der Waals surface area (Å²) in [5.74, 6) is 0.157. The maximum atomic E-state index is 13.0. The summed E-state index contributed by atoms with van der Waals surface area (Å²) in [6.07, 6.45) is 1.76. The minimum atomic E-state index is -0.500. The normalized spacial score (nSPS) is 14.8. The van der Waals surface area contributed by atoms with E-state index >= 15 is 0 Å². The second-order valence-corrected chi connectivity index (χ2v) is 9.17. The number of halogens is 1. The number of esters is 1. The average Bonchev–Trinajstić information content (AvgIpc) is 3.02. The Kier molecular flexibility index (Phi) is 7.74. The fraction of sp³-hybridized carbons (Fsp3) is 0.227. The Morgan fingerprint density at radius 3 is 2.55 bits per heavy atom. The van der Waals surface area contributed by atoms with Crippen LogP contribution in [0.3, 0.4) is 0 Å². The van der Waals surface area contributed by atoms with Gasteiger partial charge in [0.15, 0.2) is 18.1 Å².